The van der Waals surface area contributed by atoms with Gasteiger partial charge in [0.25, 0.3) is 0 Å². The van der Waals surface area contributed by atoms with Crippen LogP contribution in [0.3, 0.4) is 0 Å². The SMILES string of the molecule is Cc1[nH]c(CC(C)CN)nc1-c1cccc(Cl)c1. The molecule has 0 aliphatic carbocycles. The summed E-state index contributed by atoms with van der Waals surface area (Å²) in [5.74, 6) is 1.42. The summed E-state index contributed by atoms with van der Waals surface area (Å²) in [5, 5.41) is 0.728. The first-order valence-corrected chi connectivity index (χ1v) is 6.49. The van der Waals surface area contributed by atoms with Crippen molar-refractivity contribution in [3.8, 4) is 11.3 Å². The van der Waals surface area contributed by atoms with Gasteiger partial charge in [0, 0.05) is 22.7 Å². The van der Waals surface area contributed by atoms with E-state index < -0.39 is 0 Å². The Labute approximate surface area is 112 Å². The van der Waals surface area contributed by atoms with Crippen molar-refractivity contribution in [2.45, 2.75) is 20.3 Å². The van der Waals surface area contributed by atoms with E-state index in [-0.39, 0.29) is 0 Å². The molecule has 3 N–H and O–H groups in total. The van der Waals surface area contributed by atoms with Crippen LogP contribution in [-0.2, 0) is 6.42 Å². The average Bonchev–Trinajstić information content (AvgIpc) is 2.70. The summed E-state index contributed by atoms with van der Waals surface area (Å²) in [6, 6.07) is 7.75. The molecule has 1 aromatic carbocycles. The van der Waals surface area contributed by atoms with Crippen LogP contribution in [0.25, 0.3) is 11.3 Å². The number of imidazole rings is 1. The maximum Gasteiger partial charge on any atom is 0.107 e. The predicted octanol–water partition coefficient (Wildman–Crippen LogP) is 3.18. The molecule has 2 aromatic rings. The summed E-state index contributed by atoms with van der Waals surface area (Å²) in [5.41, 5.74) is 8.72. The number of hydrogen-bond acceptors (Lipinski definition) is 2. The molecule has 1 atom stereocenters. The fraction of sp³-hybridized carbons (Fsp3) is 0.357. The lowest BCUT2D eigenvalue weighted by molar-refractivity contribution is 0.577. The van der Waals surface area contributed by atoms with Gasteiger partial charge in [0.2, 0.25) is 0 Å². The Morgan fingerprint density at radius 3 is 2.89 bits per heavy atom. The highest BCUT2D eigenvalue weighted by Crippen LogP contribution is 2.24. The molecule has 1 unspecified atom stereocenters. The third kappa shape index (κ3) is 2.92. The number of aromatic nitrogens is 2. The van der Waals surface area contributed by atoms with Gasteiger partial charge in [-0.25, -0.2) is 4.98 Å². The molecular formula is C14H18ClN3. The molecule has 0 aliphatic rings. The Morgan fingerprint density at radius 2 is 2.22 bits per heavy atom. The minimum absolute atomic E-state index is 0.433. The maximum absolute atomic E-state index is 6.01. The number of rotatable bonds is 4. The number of benzene rings is 1. The molecule has 0 radical (unpaired) electrons. The molecular weight excluding hydrogens is 246 g/mol. The van der Waals surface area contributed by atoms with E-state index in [9.17, 15) is 0 Å². The lowest BCUT2D eigenvalue weighted by Gasteiger charge is -2.04. The van der Waals surface area contributed by atoms with Crippen molar-refractivity contribution in [3.63, 3.8) is 0 Å². The minimum Gasteiger partial charge on any atom is -0.346 e. The zero-order valence-electron chi connectivity index (χ0n) is 10.7. The van der Waals surface area contributed by atoms with Crippen LogP contribution < -0.4 is 5.73 Å². The third-order valence-electron chi connectivity index (χ3n) is 2.98. The summed E-state index contributed by atoms with van der Waals surface area (Å²) in [6.07, 6.45) is 0.873. The van der Waals surface area contributed by atoms with Crippen LogP contribution in [-0.4, -0.2) is 16.5 Å². The van der Waals surface area contributed by atoms with E-state index >= 15 is 0 Å². The monoisotopic (exact) mass is 263 g/mol. The molecule has 0 aliphatic heterocycles. The smallest absolute Gasteiger partial charge is 0.107 e. The molecule has 4 heteroatoms. The minimum atomic E-state index is 0.433. The van der Waals surface area contributed by atoms with Crippen LogP contribution in [0.5, 0.6) is 0 Å². The lowest BCUT2D eigenvalue weighted by Crippen LogP contribution is -2.13. The average molecular weight is 264 g/mol. The fourth-order valence-corrected chi connectivity index (χ4v) is 2.14. The summed E-state index contributed by atoms with van der Waals surface area (Å²) < 4.78 is 0. The molecule has 3 nitrogen and oxygen atoms in total. The number of aromatic amines is 1. The lowest BCUT2D eigenvalue weighted by atomic mass is 10.1. The maximum atomic E-state index is 6.01. The van der Waals surface area contributed by atoms with Crippen LogP contribution in [0, 0.1) is 12.8 Å². The predicted molar refractivity (Wildman–Crippen MR) is 75.7 cm³/mol. The van der Waals surface area contributed by atoms with E-state index in [1.54, 1.807) is 0 Å². The molecule has 0 spiro atoms. The molecule has 18 heavy (non-hydrogen) atoms. The van der Waals surface area contributed by atoms with Crippen molar-refractivity contribution < 1.29 is 0 Å². The highest BCUT2D eigenvalue weighted by molar-refractivity contribution is 6.30. The number of nitrogens with zero attached hydrogens (tertiary/aromatic N) is 1. The molecule has 0 saturated heterocycles. The molecule has 0 bridgehead atoms. The van der Waals surface area contributed by atoms with Gasteiger partial charge in [-0.2, -0.15) is 0 Å². The first-order chi connectivity index (χ1) is 8.60. The number of nitrogens with two attached hydrogens (primary N) is 1. The third-order valence-corrected chi connectivity index (χ3v) is 3.21. The summed E-state index contributed by atoms with van der Waals surface area (Å²) in [6.45, 7) is 4.82. The van der Waals surface area contributed by atoms with Crippen LogP contribution in [0.4, 0.5) is 0 Å². The van der Waals surface area contributed by atoms with Gasteiger partial charge >= 0.3 is 0 Å². The van der Waals surface area contributed by atoms with Gasteiger partial charge in [-0.05, 0) is 31.5 Å². The second-order valence-electron chi connectivity index (χ2n) is 4.71. The van der Waals surface area contributed by atoms with Gasteiger partial charge < -0.3 is 10.7 Å². The van der Waals surface area contributed by atoms with Crippen LogP contribution in [0.2, 0.25) is 5.02 Å². The van der Waals surface area contributed by atoms with Crippen molar-refractivity contribution in [2.75, 3.05) is 6.54 Å². The summed E-state index contributed by atoms with van der Waals surface area (Å²) >= 11 is 6.01. The number of H-pyrrole nitrogens is 1. The zero-order valence-corrected chi connectivity index (χ0v) is 11.5. The highest BCUT2D eigenvalue weighted by atomic mass is 35.5. The standard InChI is InChI=1S/C14H18ClN3/c1-9(8-16)6-13-17-10(2)14(18-13)11-4-3-5-12(15)7-11/h3-5,7,9H,6,8,16H2,1-2H3,(H,17,18). The van der Waals surface area contributed by atoms with E-state index in [1.165, 1.54) is 0 Å². The first kappa shape index (κ1) is 13.1. The summed E-state index contributed by atoms with van der Waals surface area (Å²) in [4.78, 5) is 7.96. The Balaban J connectivity index is 2.29. The normalized spacial score (nSPS) is 12.7. The van der Waals surface area contributed by atoms with E-state index in [4.69, 9.17) is 17.3 Å². The van der Waals surface area contributed by atoms with Crippen molar-refractivity contribution in [2.24, 2.45) is 11.7 Å². The Kier molecular flexibility index (Phi) is 4.04. The molecule has 96 valence electrons. The van der Waals surface area contributed by atoms with E-state index in [2.05, 4.69) is 16.9 Å². The zero-order chi connectivity index (χ0) is 13.1. The molecule has 0 amide bonds. The van der Waals surface area contributed by atoms with E-state index in [0.717, 1.165) is 34.2 Å². The van der Waals surface area contributed by atoms with Gasteiger partial charge in [-0.1, -0.05) is 30.7 Å². The highest BCUT2D eigenvalue weighted by Gasteiger charge is 2.11. The van der Waals surface area contributed by atoms with E-state index in [1.807, 2.05) is 31.2 Å². The second kappa shape index (κ2) is 5.55. The molecule has 1 heterocycles. The van der Waals surface area contributed by atoms with E-state index in [0.29, 0.717) is 12.5 Å². The topological polar surface area (TPSA) is 54.7 Å². The number of hydrogen-bond donors (Lipinski definition) is 2. The molecule has 1 aromatic heterocycles. The number of halogens is 1. The Hall–Kier alpha value is -1.32. The number of nitrogens with one attached hydrogen (secondary N) is 1. The Morgan fingerprint density at radius 1 is 1.44 bits per heavy atom. The molecule has 2 rings (SSSR count). The van der Waals surface area contributed by atoms with Gasteiger partial charge in [0.05, 0.1) is 5.69 Å². The van der Waals surface area contributed by atoms with Crippen molar-refractivity contribution in [1.82, 2.24) is 9.97 Å². The molecule has 0 saturated carbocycles. The van der Waals surface area contributed by atoms with Gasteiger partial charge in [-0.15, -0.1) is 0 Å². The Bertz CT molecular complexity index is 534. The second-order valence-corrected chi connectivity index (χ2v) is 5.15. The fourth-order valence-electron chi connectivity index (χ4n) is 1.95. The van der Waals surface area contributed by atoms with Gasteiger partial charge in [-0.3, -0.25) is 0 Å². The molecule has 0 fully saturated rings. The van der Waals surface area contributed by atoms with Crippen LogP contribution >= 0.6 is 11.6 Å². The largest absolute Gasteiger partial charge is 0.346 e. The van der Waals surface area contributed by atoms with Crippen molar-refractivity contribution in [1.29, 1.82) is 0 Å². The summed E-state index contributed by atoms with van der Waals surface area (Å²) in [7, 11) is 0. The number of aryl methyl sites for hydroxylation is 1. The van der Waals surface area contributed by atoms with Crippen LogP contribution in [0.15, 0.2) is 24.3 Å². The van der Waals surface area contributed by atoms with Crippen molar-refractivity contribution in [3.05, 3.63) is 40.8 Å². The first-order valence-electron chi connectivity index (χ1n) is 6.11. The van der Waals surface area contributed by atoms with Crippen LogP contribution in [0.1, 0.15) is 18.4 Å². The van der Waals surface area contributed by atoms with Gasteiger partial charge in [0.1, 0.15) is 5.82 Å². The van der Waals surface area contributed by atoms with Gasteiger partial charge in [0.15, 0.2) is 0 Å². The quantitative estimate of drug-likeness (QED) is 0.890. The van der Waals surface area contributed by atoms with Crippen molar-refractivity contribution >= 4 is 11.6 Å².